The molecule has 12 heteroatoms. The third-order valence-electron chi connectivity index (χ3n) is 9.14. The lowest BCUT2D eigenvalue weighted by molar-refractivity contribution is -0.164. The Morgan fingerprint density at radius 3 is 2.45 bits per heavy atom. The number of likely N-dealkylation sites (tertiary alicyclic amines) is 1. The van der Waals surface area contributed by atoms with Crippen molar-refractivity contribution in [1.29, 1.82) is 0 Å². The van der Waals surface area contributed by atoms with Crippen LogP contribution in [0.3, 0.4) is 0 Å². The Bertz CT molecular complexity index is 1880. The Balaban J connectivity index is 1.36. The first-order valence-corrected chi connectivity index (χ1v) is 16.5. The van der Waals surface area contributed by atoms with Crippen LogP contribution in [0, 0.1) is 18.2 Å². The van der Waals surface area contributed by atoms with Crippen molar-refractivity contribution < 1.29 is 28.2 Å². The van der Waals surface area contributed by atoms with Crippen LogP contribution in [0.1, 0.15) is 72.8 Å². The minimum atomic E-state index is -1.03. The minimum Gasteiger partial charge on any atom is -0.460 e. The van der Waals surface area contributed by atoms with Gasteiger partial charge >= 0.3 is 11.5 Å². The number of hydrogen-bond acceptors (Lipinski definition) is 7. The van der Waals surface area contributed by atoms with Gasteiger partial charge in [0.25, 0.3) is 5.91 Å². The van der Waals surface area contributed by atoms with E-state index in [1.165, 1.54) is 36.4 Å². The average Bonchev–Trinajstić information content (AvgIpc) is 3.55. The first-order chi connectivity index (χ1) is 23.6. The van der Waals surface area contributed by atoms with E-state index in [0.29, 0.717) is 36.9 Å². The SMILES string of the molecule is CCC(CC)(C(=O)OCc1ccccc1)[C@H]1CC[C@@H](c2cccc(F)c2)N1C(=O)CNC(=O)c1ccc(Oc2cc(C)n[nH]c2=O)c(Cl)c1. The van der Waals surface area contributed by atoms with E-state index in [-0.39, 0.29) is 35.2 Å². The Labute approximate surface area is 288 Å². The second kappa shape index (κ2) is 15.5. The number of carbonyl (C=O) groups excluding carboxylic acids is 3. The molecule has 0 spiro atoms. The standard InChI is InChI=1S/C37H38ClFN4O6/c1-4-37(5-2,36(47)48-22-24-10-7-6-8-11-24)32-17-15-29(25-12-9-13-27(39)19-25)43(32)33(44)21-40-34(45)26-14-16-30(28(38)20-26)49-31-18-23(3)41-42-35(31)46/h6-14,16,18-20,29,32H,4-5,15,17,21-22H2,1-3H3,(H,40,45)(H,42,46)/t29-,32+/m0/s1. The molecule has 1 aromatic heterocycles. The lowest BCUT2D eigenvalue weighted by Gasteiger charge is -2.42. The fourth-order valence-corrected chi connectivity index (χ4v) is 6.72. The monoisotopic (exact) mass is 688 g/mol. The van der Waals surface area contributed by atoms with Crippen LogP contribution in [0.4, 0.5) is 4.39 Å². The molecule has 10 nitrogen and oxygen atoms in total. The third kappa shape index (κ3) is 7.83. The molecule has 0 radical (unpaired) electrons. The van der Waals surface area contributed by atoms with Crippen LogP contribution in [0.25, 0.3) is 0 Å². The summed E-state index contributed by atoms with van der Waals surface area (Å²) in [7, 11) is 0. The van der Waals surface area contributed by atoms with E-state index in [2.05, 4.69) is 15.5 Å². The number of esters is 1. The van der Waals surface area contributed by atoms with Crippen molar-refractivity contribution >= 4 is 29.4 Å². The molecule has 49 heavy (non-hydrogen) atoms. The number of halogens is 2. The number of aryl methyl sites for hydroxylation is 1. The van der Waals surface area contributed by atoms with Gasteiger partial charge < -0.3 is 19.7 Å². The Morgan fingerprint density at radius 1 is 1.00 bits per heavy atom. The Morgan fingerprint density at radius 2 is 1.76 bits per heavy atom. The number of nitrogens with one attached hydrogen (secondary N) is 2. The Hall–Kier alpha value is -5.03. The van der Waals surface area contributed by atoms with Gasteiger partial charge in [-0.2, -0.15) is 5.10 Å². The topological polar surface area (TPSA) is 131 Å². The van der Waals surface area contributed by atoms with Gasteiger partial charge in [0.15, 0.2) is 5.75 Å². The molecule has 0 unspecified atom stereocenters. The van der Waals surface area contributed by atoms with Gasteiger partial charge in [0.1, 0.15) is 18.2 Å². The maximum absolute atomic E-state index is 14.4. The highest BCUT2D eigenvalue weighted by Gasteiger charge is 2.52. The van der Waals surface area contributed by atoms with Crippen molar-refractivity contribution in [2.45, 2.75) is 65.1 Å². The van der Waals surface area contributed by atoms with Crippen LogP contribution in [0.15, 0.2) is 83.7 Å². The van der Waals surface area contributed by atoms with E-state index in [0.717, 1.165) is 5.56 Å². The molecule has 3 aromatic carbocycles. The molecular formula is C37H38ClFN4O6. The zero-order chi connectivity index (χ0) is 35.1. The van der Waals surface area contributed by atoms with Gasteiger partial charge in [0.2, 0.25) is 5.91 Å². The molecule has 2 N–H and O–H groups in total. The molecule has 2 heterocycles. The first kappa shape index (κ1) is 35.3. The molecule has 1 fully saturated rings. The molecule has 2 amide bonds. The molecule has 5 rings (SSSR count). The van der Waals surface area contributed by atoms with Gasteiger partial charge in [-0.1, -0.05) is 67.9 Å². The molecule has 256 valence electrons. The number of carbonyl (C=O) groups is 3. The highest BCUT2D eigenvalue weighted by molar-refractivity contribution is 6.32. The predicted molar refractivity (Wildman–Crippen MR) is 182 cm³/mol. The number of ether oxygens (including phenoxy) is 2. The number of H-pyrrole nitrogens is 1. The maximum Gasteiger partial charge on any atom is 0.314 e. The maximum atomic E-state index is 14.4. The van der Waals surface area contributed by atoms with E-state index in [4.69, 9.17) is 21.1 Å². The van der Waals surface area contributed by atoms with Crippen LogP contribution in [0.5, 0.6) is 11.5 Å². The number of amides is 2. The van der Waals surface area contributed by atoms with Gasteiger partial charge in [0.05, 0.1) is 28.7 Å². The lowest BCUT2D eigenvalue weighted by Crippen LogP contribution is -2.53. The molecule has 1 aliphatic rings. The van der Waals surface area contributed by atoms with Crippen molar-refractivity contribution in [1.82, 2.24) is 20.4 Å². The number of aromatic nitrogens is 2. The summed E-state index contributed by atoms with van der Waals surface area (Å²) in [6.07, 6.45) is 1.80. The molecule has 4 aromatic rings. The van der Waals surface area contributed by atoms with Gasteiger partial charge in [0, 0.05) is 17.7 Å². The molecule has 2 atom stereocenters. The fourth-order valence-electron chi connectivity index (χ4n) is 6.51. The summed E-state index contributed by atoms with van der Waals surface area (Å²) in [6, 6.07) is 20.1. The molecule has 1 saturated heterocycles. The number of nitrogens with zero attached hydrogens (tertiary/aromatic N) is 2. The average molecular weight is 689 g/mol. The summed E-state index contributed by atoms with van der Waals surface area (Å²) in [5, 5.41) is 8.88. The van der Waals surface area contributed by atoms with Crippen molar-refractivity contribution in [3.63, 3.8) is 0 Å². The number of hydrogen-bond donors (Lipinski definition) is 2. The lowest BCUT2D eigenvalue weighted by atomic mass is 9.74. The summed E-state index contributed by atoms with van der Waals surface area (Å²) < 4.78 is 25.9. The summed E-state index contributed by atoms with van der Waals surface area (Å²) >= 11 is 6.39. The fraction of sp³-hybridized carbons (Fsp3) is 0.324. The Kier molecular flexibility index (Phi) is 11.1. The van der Waals surface area contributed by atoms with Crippen LogP contribution >= 0.6 is 11.6 Å². The second-order valence-electron chi connectivity index (χ2n) is 12.0. The van der Waals surface area contributed by atoms with E-state index in [1.54, 1.807) is 24.0 Å². The van der Waals surface area contributed by atoms with Crippen LogP contribution < -0.4 is 15.6 Å². The van der Waals surface area contributed by atoms with Gasteiger partial charge in [-0.05, 0) is 74.1 Å². The summed E-state index contributed by atoms with van der Waals surface area (Å²) in [4.78, 5) is 54.9. The zero-order valence-electron chi connectivity index (χ0n) is 27.5. The minimum absolute atomic E-state index is 0.00982. The largest absolute Gasteiger partial charge is 0.460 e. The summed E-state index contributed by atoms with van der Waals surface area (Å²) in [6.45, 7) is 5.19. The quantitative estimate of drug-likeness (QED) is 0.159. The van der Waals surface area contributed by atoms with Crippen molar-refractivity contribution in [2.24, 2.45) is 5.41 Å². The molecule has 1 aliphatic heterocycles. The number of benzene rings is 3. The summed E-state index contributed by atoms with van der Waals surface area (Å²) in [5.41, 5.74) is 0.563. The zero-order valence-corrected chi connectivity index (χ0v) is 28.3. The van der Waals surface area contributed by atoms with Crippen molar-refractivity contribution in [3.05, 3.63) is 122 Å². The number of aromatic amines is 1. The van der Waals surface area contributed by atoms with Crippen LogP contribution in [-0.4, -0.2) is 45.5 Å². The molecule has 0 aliphatic carbocycles. The van der Waals surface area contributed by atoms with E-state index in [1.807, 2.05) is 44.2 Å². The van der Waals surface area contributed by atoms with Gasteiger partial charge in [-0.25, -0.2) is 9.49 Å². The highest BCUT2D eigenvalue weighted by Crippen LogP contribution is 2.47. The van der Waals surface area contributed by atoms with E-state index >= 15 is 0 Å². The summed E-state index contributed by atoms with van der Waals surface area (Å²) in [5.74, 6) is -1.70. The smallest absolute Gasteiger partial charge is 0.314 e. The van der Waals surface area contributed by atoms with Crippen LogP contribution in [0.2, 0.25) is 5.02 Å². The first-order valence-electron chi connectivity index (χ1n) is 16.2. The van der Waals surface area contributed by atoms with Gasteiger partial charge in [-0.3, -0.25) is 19.2 Å². The van der Waals surface area contributed by atoms with E-state index < -0.39 is 46.7 Å². The third-order valence-corrected chi connectivity index (χ3v) is 9.43. The van der Waals surface area contributed by atoms with E-state index in [9.17, 15) is 23.6 Å². The number of rotatable bonds is 12. The van der Waals surface area contributed by atoms with Crippen LogP contribution in [-0.2, 0) is 20.9 Å². The van der Waals surface area contributed by atoms with Crippen molar-refractivity contribution in [2.75, 3.05) is 6.54 Å². The molecular weight excluding hydrogens is 651 g/mol. The predicted octanol–water partition coefficient (Wildman–Crippen LogP) is 6.68. The molecule has 0 bridgehead atoms. The van der Waals surface area contributed by atoms with Crippen molar-refractivity contribution in [3.8, 4) is 11.5 Å². The second-order valence-corrected chi connectivity index (χ2v) is 12.4. The molecule has 0 saturated carbocycles. The normalized spacial score (nSPS) is 15.9. The highest BCUT2D eigenvalue weighted by atomic mass is 35.5. The van der Waals surface area contributed by atoms with Gasteiger partial charge in [-0.15, -0.1) is 0 Å².